The average Bonchev–Trinajstić information content (AvgIpc) is 2.82. The summed E-state index contributed by atoms with van der Waals surface area (Å²) in [7, 11) is 0. The van der Waals surface area contributed by atoms with E-state index < -0.39 is 11.5 Å². The Hall–Kier alpha value is -1.29. The summed E-state index contributed by atoms with van der Waals surface area (Å²) in [6.45, 7) is 4.69. The Morgan fingerprint density at radius 1 is 1.59 bits per heavy atom. The number of carboxylic acids is 1. The van der Waals surface area contributed by atoms with E-state index in [1.54, 1.807) is 12.5 Å². The van der Waals surface area contributed by atoms with Crippen LogP contribution in [0.1, 0.15) is 44.7 Å². The maximum atomic E-state index is 11.5. The molecular formula is C13H19NO3. The lowest BCUT2D eigenvalue weighted by atomic mass is 9.86. The summed E-state index contributed by atoms with van der Waals surface area (Å²) >= 11 is 0. The molecule has 1 fully saturated rings. The highest BCUT2D eigenvalue weighted by atomic mass is 16.4. The maximum absolute atomic E-state index is 11.5. The first kappa shape index (κ1) is 12.2. The Labute approximate surface area is 101 Å². The molecule has 2 heterocycles. The van der Waals surface area contributed by atoms with Crippen LogP contribution in [-0.2, 0) is 4.79 Å². The highest BCUT2D eigenvalue weighted by Crippen LogP contribution is 2.35. The van der Waals surface area contributed by atoms with Gasteiger partial charge in [-0.2, -0.15) is 0 Å². The lowest BCUT2D eigenvalue weighted by Crippen LogP contribution is -2.55. The van der Waals surface area contributed by atoms with Crippen molar-refractivity contribution in [2.45, 2.75) is 44.7 Å². The summed E-state index contributed by atoms with van der Waals surface area (Å²) in [5.74, 6) is -0.729. The van der Waals surface area contributed by atoms with Gasteiger partial charge in [-0.15, -0.1) is 0 Å². The summed E-state index contributed by atoms with van der Waals surface area (Å²) in [5, 5.41) is 9.45. The van der Waals surface area contributed by atoms with Crippen molar-refractivity contribution in [3.8, 4) is 0 Å². The topological polar surface area (TPSA) is 53.7 Å². The zero-order valence-electron chi connectivity index (χ0n) is 10.3. The van der Waals surface area contributed by atoms with Crippen LogP contribution in [0.15, 0.2) is 23.0 Å². The first-order valence-corrected chi connectivity index (χ1v) is 6.08. The van der Waals surface area contributed by atoms with Crippen LogP contribution >= 0.6 is 0 Å². The van der Waals surface area contributed by atoms with E-state index in [4.69, 9.17) is 4.42 Å². The SMILES string of the molecule is CC(c1ccoc1)N1CCCCC1(C)C(=O)O. The molecule has 1 N–H and O–H groups in total. The molecule has 0 spiro atoms. The van der Waals surface area contributed by atoms with Crippen molar-refractivity contribution in [3.05, 3.63) is 24.2 Å². The number of hydrogen-bond acceptors (Lipinski definition) is 3. The van der Waals surface area contributed by atoms with Crippen molar-refractivity contribution in [1.82, 2.24) is 4.90 Å². The van der Waals surface area contributed by atoms with Crippen LogP contribution < -0.4 is 0 Å². The largest absolute Gasteiger partial charge is 0.480 e. The zero-order chi connectivity index (χ0) is 12.5. The van der Waals surface area contributed by atoms with Crippen molar-refractivity contribution >= 4 is 5.97 Å². The normalized spacial score (nSPS) is 27.9. The lowest BCUT2D eigenvalue weighted by molar-refractivity contribution is -0.155. The Balaban J connectivity index is 2.25. The Kier molecular flexibility index (Phi) is 3.24. The number of likely N-dealkylation sites (tertiary alicyclic amines) is 1. The molecule has 0 amide bonds. The molecule has 2 rings (SSSR count). The number of aliphatic carboxylic acids is 1. The number of nitrogens with zero attached hydrogens (tertiary/aromatic N) is 1. The summed E-state index contributed by atoms with van der Waals surface area (Å²) in [6.07, 6.45) is 6.09. The Morgan fingerprint density at radius 2 is 2.35 bits per heavy atom. The summed E-state index contributed by atoms with van der Waals surface area (Å²) in [4.78, 5) is 13.6. The van der Waals surface area contributed by atoms with Gasteiger partial charge >= 0.3 is 5.97 Å². The minimum Gasteiger partial charge on any atom is -0.480 e. The fourth-order valence-corrected chi connectivity index (χ4v) is 2.69. The predicted molar refractivity (Wildman–Crippen MR) is 63.7 cm³/mol. The van der Waals surface area contributed by atoms with Crippen LogP contribution in [0.5, 0.6) is 0 Å². The van der Waals surface area contributed by atoms with Gasteiger partial charge in [0, 0.05) is 11.6 Å². The fraction of sp³-hybridized carbons (Fsp3) is 0.615. The molecule has 1 aromatic rings. The van der Waals surface area contributed by atoms with E-state index in [0.717, 1.165) is 24.9 Å². The van der Waals surface area contributed by atoms with Crippen LogP contribution in [0.2, 0.25) is 0 Å². The fourth-order valence-electron chi connectivity index (χ4n) is 2.69. The molecule has 0 aromatic carbocycles. The quantitative estimate of drug-likeness (QED) is 0.878. The van der Waals surface area contributed by atoms with E-state index in [9.17, 15) is 9.90 Å². The van der Waals surface area contributed by atoms with Gasteiger partial charge in [-0.1, -0.05) is 0 Å². The second-order valence-corrected chi connectivity index (χ2v) is 4.96. The lowest BCUT2D eigenvalue weighted by Gasteiger charge is -2.44. The van der Waals surface area contributed by atoms with E-state index in [1.807, 2.05) is 19.9 Å². The minimum atomic E-state index is -0.755. The third kappa shape index (κ3) is 2.09. The smallest absolute Gasteiger partial charge is 0.323 e. The first-order chi connectivity index (χ1) is 8.05. The number of carboxylic acid groups (broad SMARTS) is 1. The van der Waals surface area contributed by atoms with Crippen LogP contribution in [0.25, 0.3) is 0 Å². The van der Waals surface area contributed by atoms with Gasteiger partial charge in [0.1, 0.15) is 5.54 Å². The van der Waals surface area contributed by atoms with Gasteiger partial charge in [-0.05, 0) is 45.7 Å². The number of hydrogen-bond donors (Lipinski definition) is 1. The van der Waals surface area contributed by atoms with E-state index in [2.05, 4.69) is 4.90 Å². The van der Waals surface area contributed by atoms with Crippen LogP contribution in [0.3, 0.4) is 0 Å². The maximum Gasteiger partial charge on any atom is 0.323 e. The molecule has 17 heavy (non-hydrogen) atoms. The molecule has 1 aliphatic rings. The molecule has 1 saturated heterocycles. The third-order valence-electron chi connectivity index (χ3n) is 3.90. The highest BCUT2D eigenvalue weighted by molar-refractivity contribution is 5.78. The minimum absolute atomic E-state index is 0.0788. The van der Waals surface area contributed by atoms with Crippen LogP contribution in [0, 0.1) is 0 Å². The second-order valence-electron chi connectivity index (χ2n) is 4.96. The van der Waals surface area contributed by atoms with Crippen LogP contribution in [0.4, 0.5) is 0 Å². The zero-order valence-corrected chi connectivity index (χ0v) is 10.3. The molecule has 2 atom stereocenters. The van der Waals surface area contributed by atoms with Crippen molar-refractivity contribution < 1.29 is 14.3 Å². The summed E-state index contributed by atoms with van der Waals surface area (Å²) in [5.41, 5.74) is 0.286. The number of piperidine rings is 1. The molecule has 2 unspecified atom stereocenters. The molecule has 0 saturated carbocycles. The Morgan fingerprint density at radius 3 is 2.94 bits per heavy atom. The van der Waals surface area contributed by atoms with Gasteiger partial charge in [0.25, 0.3) is 0 Å². The van der Waals surface area contributed by atoms with E-state index in [0.29, 0.717) is 6.42 Å². The first-order valence-electron chi connectivity index (χ1n) is 6.08. The van der Waals surface area contributed by atoms with Crippen molar-refractivity contribution in [2.75, 3.05) is 6.54 Å². The van der Waals surface area contributed by atoms with Crippen molar-refractivity contribution in [2.24, 2.45) is 0 Å². The van der Waals surface area contributed by atoms with Crippen molar-refractivity contribution in [3.63, 3.8) is 0 Å². The van der Waals surface area contributed by atoms with Crippen LogP contribution in [-0.4, -0.2) is 28.1 Å². The molecule has 0 bridgehead atoms. The van der Waals surface area contributed by atoms with Gasteiger partial charge < -0.3 is 9.52 Å². The molecule has 94 valence electrons. The summed E-state index contributed by atoms with van der Waals surface area (Å²) in [6, 6.07) is 1.98. The molecular weight excluding hydrogens is 218 g/mol. The van der Waals surface area contributed by atoms with E-state index in [-0.39, 0.29) is 6.04 Å². The van der Waals surface area contributed by atoms with Gasteiger partial charge in [0.05, 0.1) is 12.5 Å². The number of furan rings is 1. The molecule has 4 heteroatoms. The van der Waals surface area contributed by atoms with Gasteiger partial charge in [0.15, 0.2) is 0 Å². The van der Waals surface area contributed by atoms with E-state index >= 15 is 0 Å². The predicted octanol–water partition coefficient (Wildman–Crippen LogP) is 2.67. The monoisotopic (exact) mass is 237 g/mol. The molecule has 1 aromatic heterocycles. The van der Waals surface area contributed by atoms with Crippen molar-refractivity contribution in [1.29, 1.82) is 0 Å². The van der Waals surface area contributed by atoms with E-state index in [1.165, 1.54) is 0 Å². The second kappa shape index (κ2) is 4.53. The summed E-state index contributed by atoms with van der Waals surface area (Å²) < 4.78 is 5.08. The van der Waals surface area contributed by atoms with Gasteiger partial charge in [-0.25, -0.2) is 0 Å². The molecule has 1 aliphatic heterocycles. The van der Waals surface area contributed by atoms with Gasteiger partial charge in [0.2, 0.25) is 0 Å². The standard InChI is InChI=1S/C13H19NO3/c1-10(11-5-8-17-9-11)14-7-4-3-6-13(14,2)12(15)16/h5,8-10H,3-4,6-7H2,1-2H3,(H,15,16). The molecule has 0 aliphatic carbocycles. The Bertz CT molecular complexity index is 387. The molecule has 4 nitrogen and oxygen atoms in total. The third-order valence-corrected chi connectivity index (χ3v) is 3.90. The number of carbonyl (C=O) groups is 1. The molecule has 0 radical (unpaired) electrons. The van der Waals surface area contributed by atoms with Gasteiger partial charge in [-0.3, -0.25) is 9.69 Å². The highest BCUT2D eigenvalue weighted by Gasteiger charge is 2.43. The number of rotatable bonds is 3. The average molecular weight is 237 g/mol.